The van der Waals surface area contributed by atoms with Crippen LogP contribution in [0.3, 0.4) is 0 Å². The van der Waals surface area contributed by atoms with Gasteiger partial charge < -0.3 is 15.5 Å². The average molecular weight is 459 g/mol. The fourth-order valence-electron chi connectivity index (χ4n) is 3.27. The number of rotatable bonds is 8. The van der Waals surface area contributed by atoms with Gasteiger partial charge in [0, 0.05) is 48.7 Å². The number of hydrogen-bond acceptors (Lipinski definition) is 5. The van der Waals surface area contributed by atoms with Gasteiger partial charge in [0.2, 0.25) is 0 Å². The van der Waals surface area contributed by atoms with E-state index in [4.69, 9.17) is 24.9 Å². The van der Waals surface area contributed by atoms with E-state index in [1.54, 1.807) is 0 Å². The van der Waals surface area contributed by atoms with E-state index in [1.165, 1.54) is 11.1 Å². The minimum atomic E-state index is -1.82. The van der Waals surface area contributed by atoms with Crippen molar-refractivity contribution in [3.63, 3.8) is 0 Å². The Hall–Kier alpha value is -4.30. The van der Waals surface area contributed by atoms with Crippen LogP contribution in [0.25, 0.3) is 11.3 Å². The molecule has 0 atom stereocenters. The van der Waals surface area contributed by atoms with Crippen molar-refractivity contribution in [1.29, 1.82) is 0 Å². The van der Waals surface area contributed by atoms with Gasteiger partial charge in [-0.25, -0.2) is 9.59 Å². The Morgan fingerprint density at radius 2 is 1.50 bits per heavy atom. The molecule has 4 rings (SSSR count). The summed E-state index contributed by atoms with van der Waals surface area (Å²) < 4.78 is 2.04. The van der Waals surface area contributed by atoms with Crippen molar-refractivity contribution in [2.75, 3.05) is 6.54 Å². The molecule has 0 unspecified atom stereocenters. The lowest BCUT2D eigenvalue weighted by Gasteiger charge is -2.05. The smallest absolute Gasteiger partial charge is 0.414 e. The molecule has 0 fully saturated rings. The van der Waals surface area contributed by atoms with Gasteiger partial charge in [0.05, 0.1) is 12.2 Å². The van der Waals surface area contributed by atoms with Crippen LogP contribution in [-0.4, -0.2) is 43.5 Å². The number of aliphatic carboxylic acids is 2. The molecule has 2 heterocycles. The highest BCUT2D eigenvalue weighted by atomic mass is 16.4. The molecule has 3 N–H and O–H groups in total. The van der Waals surface area contributed by atoms with Crippen molar-refractivity contribution in [2.24, 2.45) is 0 Å². The van der Waals surface area contributed by atoms with E-state index in [-0.39, 0.29) is 0 Å². The normalized spacial score (nSPS) is 10.2. The molecule has 0 radical (unpaired) electrons. The van der Waals surface area contributed by atoms with Gasteiger partial charge in [-0.15, -0.1) is 0 Å². The highest BCUT2D eigenvalue weighted by molar-refractivity contribution is 6.27. The first-order valence-corrected chi connectivity index (χ1v) is 10.8. The van der Waals surface area contributed by atoms with Gasteiger partial charge in [0.15, 0.2) is 0 Å². The lowest BCUT2D eigenvalue weighted by Crippen LogP contribution is -2.17. The summed E-state index contributed by atoms with van der Waals surface area (Å²) in [5.74, 6) is -3.65. The molecule has 8 nitrogen and oxygen atoms in total. The second kappa shape index (κ2) is 12.7. The van der Waals surface area contributed by atoms with E-state index in [2.05, 4.69) is 71.1 Å². The SMILES string of the molecule is O=C(O)C(=O)O.c1ccc(Cn2cc(CNCCc3ccccn3)c(-c3ccccc3)n2)cc1. The van der Waals surface area contributed by atoms with Crippen molar-refractivity contribution < 1.29 is 19.8 Å². The minimum absolute atomic E-state index is 0.772. The van der Waals surface area contributed by atoms with Crippen molar-refractivity contribution in [2.45, 2.75) is 19.5 Å². The minimum Gasteiger partial charge on any atom is -0.473 e. The van der Waals surface area contributed by atoms with Gasteiger partial charge in [-0.05, 0) is 17.7 Å². The third-order valence-corrected chi connectivity index (χ3v) is 4.85. The van der Waals surface area contributed by atoms with E-state index in [0.717, 1.165) is 43.0 Å². The molecule has 0 aliphatic rings. The van der Waals surface area contributed by atoms with Crippen molar-refractivity contribution in [1.82, 2.24) is 20.1 Å². The molecule has 0 aliphatic carbocycles. The van der Waals surface area contributed by atoms with Crippen LogP contribution in [0.2, 0.25) is 0 Å². The maximum atomic E-state index is 9.10. The van der Waals surface area contributed by atoms with Gasteiger partial charge >= 0.3 is 11.9 Å². The first-order valence-electron chi connectivity index (χ1n) is 10.8. The molecule has 4 aromatic rings. The standard InChI is InChI=1S/C24H24N4.C2H2O4/c1-3-9-20(10-4-1)18-28-19-22(24(27-28)21-11-5-2-6-12-21)17-25-16-14-23-13-7-8-15-26-23;3-1(4)2(5)6/h1-13,15,19,25H,14,16-18H2;(H,3,4)(H,5,6). The predicted octanol–water partition coefficient (Wildman–Crippen LogP) is 3.48. The molecule has 0 aliphatic heterocycles. The lowest BCUT2D eigenvalue weighted by atomic mass is 10.1. The van der Waals surface area contributed by atoms with Crippen LogP contribution < -0.4 is 5.32 Å². The van der Waals surface area contributed by atoms with Crippen LogP contribution >= 0.6 is 0 Å². The average Bonchev–Trinajstić information content (AvgIpc) is 3.26. The zero-order valence-electron chi connectivity index (χ0n) is 18.5. The van der Waals surface area contributed by atoms with Gasteiger partial charge in [0.25, 0.3) is 0 Å². The van der Waals surface area contributed by atoms with Gasteiger partial charge in [-0.1, -0.05) is 66.7 Å². The largest absolute Gasteiger partial charge is 0.473 e. The van der Waals surface area contributed by atoms with E-state index < -0.39 is 11.9 Å². The van der Waals surface area contributed by atoms with Crippen molar-refractivity contribution in [3.8, 4) is 11.3 Å². The number of carbonyl (C=O) groups is 2. The summed E-state index contributed by atoms with van der Waals surface area (Å²) in [6.45, 7) is 2.44. The number of nitrogens with zero attached hydrogens (tertiary/aromatic N) is 3. The number of aromatic nitrogens is 3. The van der Waals surface area contributed by atoms with Gasteiger partial charge in [0.1, 0.15) is 0 Å². The quantitative estimate of drug-likeness (QED) is 0.273. The molecule has 8 heteroatoms. The molecule has 0 saturated heterocycles. The monoisotopic (exact) mass is 458 g/mol. The zero-order chi connectivity index (χ0) is 24.2. The van der Waals surface area contributed by atoms with Crippen LogP contribution in [0.5, 0.6) is 0 Å². The summed E-state index contributed by atoms with van der Waals surface area (Å²) in [6, 6.07) is 26.9. The molecular weight excluding hydrogens is 432 g/mol. The van der Waals surface area contributed by atoms with Crippen molar-refractivity contribution >= 4 is 11.9 Å². The molecule has 0 amide bonds. The van der Waals surface area contributed by atoms with Crippen LogP contribution in [0.1, 0.15) is 16.8 Å². The Labute approximate surface area is 197 Å². The first-order chi connectivity index (χ1) is 16.5. The highest BCUT2D eigenvalue weighted by Crippen LogP contribution is 2.22. The first kappa shape index (κ1) is 24.3. The summed E-state index contributed by atoms with van der Waals surface area (Å²) >= 11 is 0. The Kier molecular flexibility index (Phi) is 9.07. The Morgan fingerprint density at radius 3 is 2.12 bits per heavy atom. The Morgan fingerprint density at radius 1 is 0.853 bits per heavy atom. The van der Waals surface area contributed by atoms with E-state index in [9.17, 15) is 0 Å². The van der Waals surface area contributed by atoms with Crippen LogP contribution in [0, 0.1) is 0 Å². The predicted molar refractivity (Wildman–Crippen MR) is 128 cm³/mol. The molecule has 2 aromatic heterocycles. The molecular formula is C26H26N4O4. The van der Waals surface area contributed by atoms with E-state index in [0.29, 0.717) is 0 Å². The number of carboxylic acid groups (broad SMARTS) is 2. The van der Waals surface area contributed by atoms with E-state index >= 15 is 0 Å². The third-order valence-electron chi connectivity index (χ3n) is 4.85. The molecule has 2 aromatic carbocycles. The number of benzene rings is 2. The third kappa shape index (κ3) is 7.68. The van der Waals surface area contributed by atoms with Gasteiger partial charge in [-0.3, -0.25) is 9.67 Å². The molecule has 174 valence electrons. The summed E-state index contributed by atoms with van der Waals surface area (Å²) in [7, 11) is 0. The summed E-state index contributed by atoms with van der Waals surface area (Å²) in [4.78, 5) is 22.6. The van der Waals surface area contributed by atoms with Gasteiger partial charge in [-0.2, -0.15) is 5.10 Å². The summed E-state index contributed by atoms with van der Waals surface area (Å²) in [5.41, 5.74) is 5.76. The number of hydrogen-bond donors (Lipinski definition) is 3. The van der Waals surface area contributed by atoms with Crippen LogP contribution in [0.15, 0.2) is 91.3 Å². The summed E-state index contributed by atoms with van der Waals surface area (Å²) in [5, 5.41) is 23.2. The number of carboxylic acids is 2. The lowest BCUT2D eigenvalue weighted by molar-refractivity contribution is -0.159. The Balaban J connectivity index is 0.000000481. The second-order valence-electron chi connectivity index (χ2n) is 7.41. The highest BCUT2D eigenvalue weighted by Gasteiger charge is 2.11. The fraction of sp³-hybridized carbons (Fsp3) is 0.154. The molecule has 34 heavy (non-hydrogen) atoms. The van der Waals surface area contributed by atoms with Crippen molar-refractivity contribution in [3.05, 3.63) is 108 Å². The molecule has 0 saturated carbocycles. The fourth-order valence-corrected chi connectivity index (χ4v) is 3.27. The Bertz CT molecular complexity index is 1170. The maximum Gasteiger partial charge on any atom is 0.414 e. The second-order valence-corrected chi connectivity index (χ2v) is 7.41. The summed E-state index contributed by atoms with van der Waals surface area (Å²) in [6.07, 6.45) is 4.92. The van der Waals surface area contributed by atoms with Crippen LogP contribution in [0.4, 0.5) is 0 Å². The van der Waals surface area contributed by atoms with Crippen LogP contribution in [-0.2, 0) is 29.1 Å². The topological polar surface area (TPSA) is 117 Å². The number of pyridine rings is 1. The number of nitrogens with one attached hydrogen (secondary N) is 1. The van der Waals surface area contributed by atoms with E-state index in [1.807, 2.05) is 35.1 Å². The maximum absolute atomic E-state index is 9.10. The molecule has 0 bridgehead atoms. The zero-order valence-corrected chi connectivity index (χ0v) is 18.5. The molecule has 0 spiro atoms.